The molecule has 0 aromatic carbocycles. The van der Waals surface area contributed by atoms with Crippen LogP contribution in [0.5, 0.6) is 0 Å². The molecule has 9 heteroatoms. The third-order valence-electron chi connectivity index (χ3n) is 2.99. The van der Waals surface area contributed by atoms with E-state index in [4.69, 9.17) is 23.0 Å². The first-order chi connectivity index (χ1) is 12.7. The molecule has 0 radical (unpaired) electrons. The molecule has 0 saturated heterocycles. The second-order valence-corrected chi connectivity index (χ2v) is 7.51. The average Bonchev–Trinajstić information content (AvgIpc) is 2.60. The van der Waals surface area contributed by atoms with Crippen molar-refractivity contribution in [3.05, 3.63) is 24.3 Å². The topological polar surface area (TPSA) is 97.4 Å². The van der Waals surface area contributed by atoms with Gasteiger partial charge in [-0.2, -0.15) is 0 Å². The van der Waals surface area contributed by atoms with E-state index < -0.39 is 19.8 Å². The molecule has 0 aromatic heterocycles. The fourth-order valence-corrected chi connectivity index (χ4v) is 2.76. The van der Waals surface area contributed by atoms with Crippen LogP contribution in [-0.2, 0) is 37.2 Å². The Morgan fingerprint density at radius 1 is 0.741 bits per heavy atom. The van der Waals surface area contributed by atoms with Gasteiger partial charge in [-0.15, -0.1) is 0 Å². The maximum Gasteiger partial charge on any atom is 0.474 e. The minimum absolute atomic E-state index is 0.0392. The number of unbranched alkanes of at least 4 members (excludes halogenated alkanes) is 1. The minimum atomic E-state index is -3.73. The molecule has 0 aliphatic carbocycles. The van der Waals surface area contributed by atoms with Gasteiger partial charge in [-0.1, -0.05) is 26.5 Å². The van der Waals surface area contributed by atoms with Crippen LogP contribution in [0.1, 0.15) is 46.5 Å². The largest absolute Gasteiger partial charge is 0.474 e. The Balaban J connectivity index is 4.23. The molecule has 0 spiro atoms. The van der Waals surface area contributed by atoms with Gasteiger partial charge in [0.1, 0.15) is 0 Å². The Morgan fingerprint density at radius 2 is 1.11 bits per heavy atom. The lowest BCUT2D eigenvalue weighted by Gasteiger charge is -2.18. The number of esters is 2. The molecule has 0 rings (SSSR count). The van der Waals surface area contributed by atoms with Crippen LogP contribution in [0.15, 0.2) is 24.3 Å². The fourth-order valence-electron chi connectivity index (χ4n) is 1.48. The van der Waals surface area contributed by atoms with Gasteiger partial charge in [0.25, 0.3) is 0 Å². The van der Waals surface area contributed by atoms with E-state index >= 15 is 0 Å². The van der Waals surface area contributed by atoms with Gasteiger partial charge in [0, 0.05) is 24.0 Å². The number of phosphoric ester groups is 1. The van der Waals surface area contributed by atoms with Gasteiger partial charge in [-0.3, -0.25) is 13.6 Å². The highest BCUT2D eigenvalue weighted by molar-refractivity contribution is 7.48. The Hall–Kier alpha value is -1.47. The molecule has 156 valence electrons. The summed E-state index contributed by atoms with van der Waals surface area (Å²) in [6.45, 7) is 12.6. The Labute approximate surface area is 161 Å². The van der Waals surface area contributed by atoms with Crippen molar-refractivity contribution < 1.29 is 37.2 Å². The molecule has 0 aliphatic heterocycles. The zero-order valence-corrected chi connectivity index (χ0v) is 17.4. The first-order valence-electron chi connectivity index (χ1n) is 8.90. The van der Waals surface area contributed by atoms with E-state index in [0.29, 0.717) is 30.4 Å². The summed E-state index contributed by atoms with van der Waals surface area (Å²) in [7, 11) is -3.73. The van der Waals surface area contributed by atoms with Crippen LogP contribution in [0.4, 0.5) is 0 Å². The molecule has 0 heterocycles. The van der Waals surface area contributed by atoms with Crippen molar-refractivity contribution in [3.8, 4) is 0 Å². The normalized spacial score (nSPS) is 11.1. The smallest absolute Gasteiger partial charge is 0.462 e. The molecule has 0 aromatic rings. The highest BCUT2D eigenvalue weighted by Crippen LogP contribution is 2.49. The third kappa shape index (κ3) is 13.4. The second-order valence-electron chi connectivity index (χ2n) is 5.84. The summed E-state index contributed by atoms with van der Waals surface area (Å²) in [6.07, 6.45) is 2.25. The van der Waals surface area contributed by atoms with Gasteiger partial charge in [-0.05, 0) is 20.3 Å². The molecule has 0 N–H and O–H groups in total. The number of ether oxygens (including phenoxy) is 2. The van der Waals surface area contributed by atoms with Crippen molar-refractivity contribution in [2.45, 2.75) is 46.5 Å². The van der Waals surface area contributed by atoms with Gasteiger partial charge in [0.2, 0.25) is 0 Å². The Kier molecular flexibility index (Phi) is 13.8. The highest BCUT2D eigenvalue weighted by Gasteiger charge is 2.26. The summed E-state index contributed by atoms with van der Waals surface area (Å²) in [5.74, 6) is -0.976. The molecular formula is C18H31O8P. The van der Waals surface area contributed by atoms with Crippen molar-refractivity contribution in [2.24, 2.45) is 0 Å². The number of carbonyl (C=O) groups excluding carboxylic acids is 2. The number of carbonyl (C=O) groups is 2. The lowest BCUT2D eigenvalue weighted by Crippen LogP contribution is -2.10. The van der Waals surface area contributed by atoms with Crippen LogP contribution in [0.25, 0.3) is 0 Å². The first-order valence-corrected chi connectivity index (χ1v) is 10.4. The molecule has 0 saturated carbocycles. The molecule has 0 unspecified atom stereocenters. The van der Waals surface area contributed by atoms with Crippen LogP contribution >= 0.6 is 7.82 Å². The lowest BCUT2D eigenvalue weighted by molar-refractivity contribution is -0.140. The van der Waals surface area contributed by atoms with Gasteiger partial charge in [0.05, 0.1) is 33.0 Å². The summed E-state index contributed by atoms with van der Waals surface area (Å²) in [4.78, 5) is 22.5. The van der Waals surface area contributed by atoms with E-state index in [2.05, 4.69) is 13.2 Å². The quantitative estimate of drug-likeness (QED) is 0.164. The van der Waals surface area contributed by atoms with Crippen molar-refractivity contribution in [1.82, 2.24) is 0 Å². The monoisotopic (exact) mass is 406 g/mol. The van der Waals surface area contributed by atoms with Crippen LogP contribution < -0.4 is 0 Å². The molecule has 0 amide bonds. The summed E-state index contributed by atoms with van der Waals surface area (Å²) >= 11 is 0. The van der Waals surface area contributed by atoms with Crippen molar-refractivity contribution in [1.29, 1.82) is 0 Å². The van der Waals surface area contributed by atoms with Gasteiger partial charge in [-0.25, -0.2) is 14.2 Å². The molecule has 0 aliphatic rings. The molecular weight excluding hydrogens is 375 g/mol. The second kappa shape index (κ2) is 14.6. The summed E-state index contributed by atoms with van der Waals surface area (Å²) in [5, 5.41) is 0. The lowest BCUT2D eigenvalue weighted by atomic mass is 10.4. The van der Waals surface area contributed by atoms with E-state index in [1.54, 1.807) is 13.8 Å². The number of hydrogen-bond donors (Lipinski definition) is 0. The van der Waals surface area contributed by atoms with Gasteiger partial charge < -0.3 is 9.47 Å². The van der Waals surface area contributed by atoms with Gasteiger partial charge in [0.15, 0.2) is 0 Å². The number of rotatable bonds is 16. The zero-order valence-electron chi connectivity index (χ0n) is 16.5. The van der Waals surface area contributed by atoms with Crippen LogP contribution in [0.3, 0.4) is 0 Å². The molecule has 0 bridgehead atoms. The SMILES string of the molecule is C=C(C)C(=O)OCCCOP(=O)(OCCCC)OCCCOC(=O)C(=C)C. The fraction of sp³-hybridized carbons (Fsp3) is 0.667. The van der Waals surface area contributed by atoms with E-state index in [9.17, 15) is 14.2 Å². The Bertz CT molecular complexity index is 503. The molecule has 0 fully saturated rings. The highest BCUT2D eigenvalue weighted by atomic mass is 31.2. The number of phosphoric acid groups is 1. The summed E-state index contributed by atoms with van der Waals surface area (Å²) in [6, 6.07) is 0. The molecule has 27 heavy (non-hydrogen) atoms. The van der Waals surface area contributed by atoms with E-state index in [-0.39, 0.29) is 33.0 Å². The molecule has 8 nitrogen and oxygen atoms in total. The van der Waals surface area contributed by atoms with E-state index in [1.807, 2.05) is 6.92 Å². The Morgan fingerprint density at radius 3 is 1.44 bits per heavy atom. The van der Waals surface area contributed by atoms with Crippen molar-refractivity contribution in [2.75, 3.05) is 33.0 Å². The predicted octanol–water partition coefficient (Wildman–Crippen LogP) is 3.96. The first kappa shape index (κ1) is 25.5. The predicted molar refractivity (Wildman–Crippen MR) is 101 cm³/mol. The zero-order chi connectivity index (χ0) is 20.7. The molecule has 0 atom stereocenters. The van der Waals surface area contributed by atoms with Crippen LogP contribution in [0, 0.1) is 0 Å². The average molecular weight is 406 g/mol. The third-order valence-corrected chi connectivity index (χ3v) is 4.48. The van der Waals surface area contributed by atoms with Crippen molar-refractivity contribution in [3.63, 3.8) is 0 Å². The van der Waals surface area contributed by atoms with Crippen molar-refractivity contribution >= 4 is 19.8 Å². The summed E-state index contributed by atoms with van der Waals surface area (Å²) in [5.41, 5.74) is 0.611. The standard InChI is InChI=1S/C18H31O8P/c1-6-7-12-24-27(21,25-13-8-10-22-17(19)15(2)3)26-14-9-11-23-18(20)16(4)5/h2,4,6-14H2,1,3,5H3. The summed E-state index contributed by atoms with van der Waals surface area (Å²) < 4.78 is 38.2. The van der Waals surface area contributed by atoms with Crippen LogP contribution in [-0.4, -0.2) is 45.0 Å². The van der Waals surface area contributed by atoms with Crippen LogP contribution in [0.2, 0.25) is 0 Å². The van der Waals surface area contributed by atoms with E-state index in [0.717, 1.165) is 6.42 Å². The number of hydrogen-bond acceptors (Lipinski definition) is 8. The van der Waals surface area contributed by atoms with E-state index in [1.165, 1.54) is 0 Å². The maximum absolute atomic E-state index is 12.6. The minimum Gasteiger partial charge on any atom is -0.462 e. The maximum atomic E-state index is 12.6. The van der Waals surface area contributed by atoms with Gasteiger partial charge >= 0.3 is 19.8 Å².